The van der Waals surface area contributed by atoms with Crippen LogP contribution in [0.1, 0.15) is 33.1 Å². The predicted molar refractivity (Wildman–Crippen MR) is 71.4 cm³/mol. The van der Waals surface area contributed by atoms with E-state index in [4.69, 9.17) is 0 Å². The molecule has 0 bridgehead atoms. The van der Waals surface area contributed by atoms with Crippen molar-refractivity contribution in [3.63, 3.8) is 0 Å². The van der Waals surface area contributed by atoms with Gasteiger partial charge in [0.15, 0.2) is 0 Å². The number of hydrogen-bond donors (Lipinski definition) is 1. The van der Waals surface area contributed by atoms with Crippen molar-refractivity contribution in [3.8, 4) is 0 Å². The second kappa shape index (κ2) is 4.49. The lowest BCUT2D eigenvalue weighted by Crippen LogP contribution is -2.49. The van der Waals surface area contributed by atoms with Crippen molar-refractivity contribution in [3.05, 3.63) is 0 Å². The van der Waals surface area contributed by atoms with Gasteiger partial charge in [-0.15, -0.1) is 0 Å². The first-order valence-electron chi connectivity index (χ1n) is 7.34. The molecule has 2 saturated heterocycles. The highest BCUT2D eigenvalue weighted by Crippen LogP contribution is 2.38. The molecule has 1 saturated carbocycles. The van der Waals surface area contributed by atoms with Gasteiger partial charge in [0.1, 0.15) is 0 Å². The lowest BCUT2D eigenvalue weighted by Gasteiger charge is -2.32. The topological polar surface area (TPSA) is 35.6 Å². The van der Waals surface area contributed by atoms with Gasteiger partial charge in [0.05, 0.1) is 0 Å². The van der Waals surface area contributed by atoms with E-state index in [1.165, 1.54) is 0 Å². The van der Waals surface area contributed by atoms with Gasteiger partial charge in [-0.2, -0.15) is 0 Å². The molecule has 1 unspecified atom stereocenters. The molecule has 0 radical (unpaired) electrons. The molecule has 1 atom stereocenters. The molecule has 1 N–H and O–H groups in total. The first-order chi connectivity index (χ1) is 8.58. The van der Waals surface area contributed by atoms with Crippen molar-refractivity contribution >= 4 is 5.91 Å². The third-order valence-electron chi connectivity index (χ3n) is 4.72. The minimum atomic E-state index is 0.0508. The summed E-state index contributed by atoms with van der Waals surface area (Å²) in [5, 5.41) is 3.40. The van der Waals surface area contributed by atoms with Crippen LogP contribution >= 0.6 is 0 Å². The fourth-order valence-electron chi connectivity index (χ4n) is 3.44. The maximum Gasteiger partial charge on any atom is 0.226 e. The number of carbonyl (C=O) groups excluding carboxylic acids is 1. The van der Waals surface area contributed by atoms with Crippen LogP contribution in [0.5, 0.6) is 0 Å². The minimum absolute atomic E-state index is 0.0508. The van der Waals surface area contributed by atoms with E-state index in [-0.39, 0.29) is 5.54 Å². The van der Waals surface area contributed by atoms with Gasteiger partial charge in [0.2, 0.25) is 5.91 Å². The van der Waals surface area contributed by atoms with Crippen molar-refractivity contribution in [1.29, 1.82) is 0 Å². The van der Waals surface area contributed by atoms with E-state index >= 15 is 0 Å². The summed E-state index contributed by atoms with van der Waals surface area (Å²) in [4.78, 5) is 17.1. The molecule has 4 nitrogen and oxygen atoms in total. The number of rotatable bonds is 2. The third-order valence-corrected chi connectivity index (χ3v) is 4.72. The first kappa shape index (κ1) is 12.4. The fraction of sp³-hybridized carbons (Fsp3) is 0.929. The number of nitrogens with one attached hydrogen (secondary N) is 1. The van der Waals surface area contributed by atoms with E-state index in [0.29, 0.717) is 17.9 Å². The molecule has 3 fully saturated rings. The molecular formula is C14H25N3O. The predicted octanol–water partition coefficient (Wildman–Crippen LogP) is 0.681. The quantitative estimate of drug-likeness (QED) is 0.784. The van der Waals surface area contributed by atoms with Crippen LogP contribution in [0.15, 0.2) is 0 Å². The van der Waals surface area contributed by atoms with Crippen molar-refractivity contribution in [2.75, 3.05) is 32.7 Å². The van der Waals surface area contributed by atoms with E-state index in [1.54, 1.807) is 0 Å². The lowest BCUT2D eigenvalue weighted by atomic mass is 9.99. The number of carbonyl (C=O) groups is 1. The summed E-state index contributed by atoms with van der Waals surface area (Å²) in [5.41, 5.74) is 0.0508. The summed E-state index contributed by atoms with van der Waals surface area (Å²) >= 11 is 0. The van der Waals surface area contributed by atoms with Crippen molar-refractivity contribution in [2.45, 2.75) is 44.7 Å². The van der Waals surface area contributed by atoms with Gasteiger partial charge in [-0.25, -0.2) is 0 Å². The molecule has 3 rings (SSSR count). The fourth-order valence-corrected chi connectivity index (χ4v) is 3.44. The highest BCUT2D eigenvalue weighted by atomic mass is 16.2. The Hall–Kier alpha value is -0.610. The number of likely N-dealkylation sites (tertiary alicyclic amines) is 1. The van der Waals surface area contributed by atoms with Gasteiger partial charge < -0.3 is 10.2 Å². The van der Waals surface area contributed by atoms with Crippen molar-refractivity contribution in [1.82, 2.24) is 15.1 Å². The van der Waals surface area contributed by atoms with Gasteiger partial charge in [-0.05, 0) is 33.1 Å². The van der Waals surface area contributed by atoms with E-state index < -0.39 is 0 Å². The zero-order chi connectivity index (χ0) is 12.8. The molecule has 102 valence electrons. The van der Waals surface area contributed by atoms with Crippen molar-refractivity contribution < 1.29 is 4.79 Å². The number of amides is 1. The molecule has 0 spiro atoms. The monoisotopic (exact) mass is 251 g/mol. The Kier molecular flexibility index (Phi) is 3.10. The average molecular weight is 251 g/mol. The number of piperazine rings is 1. The SMILES string of the molecule is CC1(C)CC(N2CCNCC2)CN1C(=O)C1CC1. The summed E-state index contributed by atoms with van der Waals surface area (Å²) in [7, 11) is 0. The second-order valence-electron chi connectivity index (χ2n) is 6.68. The Morgan fingerprint density at radius 1 is 1.22 bits per heavy atom. The van der Waals surface area contributed by atoms with Gasteiger partial charge in [0, 0.05) is 50.2 Å². The standard InChI is InChI=1S/C14H25N3O/c1-14(2)9-12(16-7-5-15-6-8-16)10-17(14)13(18)11-3-4-11/h11-12,15H,3-10H2,1-2H3. The Labute approximate surface area is 110 Å². The van der Waals surface area contributed by atoms with Crippen LogP contribution < -0.4 is 5.32 Å². The highest BCUT2D eigenvalue weighted by molar-refractivity contribution is 5.82. The molecule has 4 heteroatoms. The molecule has 0 aromatic heterocycles. The average Bonchev–Trinajstić information content (AvgIpc) is 3.14. The highest BCUT2D eigenvalue weighted by Gasteiger charge is 2.46. The molecular weight excluding hydrogens is 226 g/mol. The van der Waals surface area contributed by atoms with E-state index in [9.17, 15) is 4.79 Å². The summed E-state index contributed by atoms with van der Waals surface area (Å²) < 4.78 is 0. The van der Waals surface area contributed by atoms with Crippen LogP contribution in [0.25, 0.3) is 0 Å². The van der Waals surface area contributed by atoms with Crippen LogP contribution in [0.4, 0.5) is 0 Å². The summed E-state index contributed by atoms with van der Waals surface area (Å²) in [6.45, 7) is 9.85. The molecule has 3 aliphatic rings. The third kappa shape index (κ3) is 2.28. The maximum absolute atomic E-state index is 12.3. The summed E-state index contributed by atoms with van der Waals surface area (Å²) in [5.74, 6) is 0.767. The Morgan fingerprint density at radius 3 is 2.50 bits per heavy atom. The van der Waals surface area contributed by atoms with Crippen LogP contribution in [0.3, 0.4) is 0 Å². The van der Waals surface area contributed by atoms with E-state index in [0.717, 1.165) is 52.0 Å². The summed E-state index contributed by atoms with van der Waals surface area (Å²) in [6, 6.07) is 0.574. The molecule has 1 aliphatic carbocycles. The molecule has 0 aromatic carbocycles. The molecule has 0 aromatic rings. The second-order valence-corrected chi connectivity index (χ2v) is 6.68. The molecule has 18 heavy (non-hydrogen) atoms. The van der Waals surface area contributed by atoms with Gasteiger partial charge in [-0.1, -0.05) is 0 Å². The van der Waals surface area contributed by atoms with Crippen molar-refractivity contribution in [2.24, 2.45) is 5.92 Å². The first-order valence-corrected chi connectivity index (χ1v) is 7.34. The van der Waals surface area contributed by atoms with Crippen LogP contribution in [0, 0.1) is 5.92 Å². The van der Waals surface area contributed by atoms with Crippen LogP contribution in [0.2, 0.25) is 0 Å². The molecule has 2 aliphatic heterocycles. The maximum atomic E-state index is 12.3. The number of hydrogen-bond acceptors (Lipinski definition) is 3. The zero-order valence-corrected chi connectivity index (χ0v) is 11.6. The molecule has 1 amide bonds. The van der Waals surface area contributed by atoms with E-state index in [2.05, 4.69) is 29.0 Å². The number of nitrogens with zero attached hydrogens (tertiary/aromatic N) is 2. The zero-order valence-electron chi connectivity index (χ0n) is 11.6. The van der Waals surface area contributed by atoms with Gasteiger partial charge in [0.25, 0.3) is 0 Å². The van der Waals surface area contributed by atoms with Gasteiger partial charge >= 0.3 is 0 Å². The van der Waals surface area contributed by atoms with Gasteiger partial charge in [-0.3, -0.25) is 9.69 Å². The summed E-state index contributed by atoms with van der Waals surface area (Å²) in [6.07, 6.45) is 3.36. The lowest BCUT2D eigenvalue weighted by molar-refractivity contribution is -0.135. The Morgan fingerprint density at radius 2 is 1.89 bits per heavy atom. The Bertz CT molecular complexity index is 332. The van der Waals surface area contributed by atoms with Crippen LogP contribution in [-0.4, -0.2) is 60.0 Å². The van der Waals surface area contributed by atoms with E-state index in [1.807, 2.05) is 0 Å². The largest absolute Gasteiger partial charge is 0.336 e. The normalized spacial score (nSPS) is 32.8. The minimum Gasteiger partial charge on any atom is -0.336 e. The Balaban J connectivity index is 1.67. The molecule has 2 heterocycles. The van der Waals surface area contributed by atoms with Crippen LogP contribution in [-0.2, 0) is 4.79 Å². The smallest absolute Gasteiger partial charge is 0.226 e.